The predicted octanol–water partition coefficient (Wildman–Crippen LogP) is 3.37. The highest BCUT2D eigenvalue weighted by molar-refractivity contribution is 9.10. The summed E-state index contributed by atoms with van der Waals surface area (Å²) in [5.74, 6) is 0.886. The van der Waals surface area contributed by atoms with Crippen molar-refractivity contribution in [2.75, 3.05) is 33.3 Å². The molecule has 1 fully saturated rings. The lowest BCUT2D eigenvalue weighted by Gasteiger charge is -2.35. The van der Waals surface area contributed by atoms with Crippen LogP contribution in [0.15, 0.2) is 35.3 Å². The zero-order valence-corrected chi connectivity index (χ0v) is 13.7. The topological polar surface area (TPSA) is 24.5 Å². The van der Waals surface area contributed by atoms with Crippen LogP contribution in [0.4, 0.5) is 0 Å². The Kier molecular flexibility index (Phi) is 6.07. The Balaban J connectivity index is 2.20. The average Bonchev–Trinajstić information content (AvgIpc) is 2.49. The van der Waals surface area contributed by atoms with Gasteiger partial charge in [0.15, 0.2) is 0 Å². The molecular weight excluding hydrogens is 316 g/mol. The predicted molar refractivity (Wildman–Crippen MR) is 87.3 cm³/mol. The first-order valence-corrected chi connectivity index (χ1v) is 7.94. The number of nitrogens with zero attached hydrogens (tertiary/aromatic N) is 1. The third-order valence-electron chi connectivity index (χ3n) is 3.80. The van der Waals surface area contributed by atoms with Gasteiger partial charge in [0.25, 0.3) is 0 Å². The molecule has 0 bridgehead atoms. The summed E-state index contributed by atoms with van der Waals surface area (Å²) in [6.07, 6.45) is 4.16. The maximum atomic E-state index is 5.32. The van der Waals surface area contributed by atoms with Crippen molar-refractivity contribution in [3.8, 4) is 5.75 Å². The van der Waals surface area contributed by atoms with Crippen molar-refractivity contribution in [1.29, 1.82) is 0 Å². The molecule has 1 aliphatic rings. The average molecular weight is 339 g/mol. The molecule has 1 heterocycles. The van der Waals surface area contributed by atoms with Crippen LogP contribution in [0.1, 0.15) is 24.4 Å². The van der Waals surface area contributed by atoms with E-state index in [0.717, 1.165) is 49.2 Å². The van der Waals surface area contributed by atoms with Crippen LogP contribution in [-0.2, 0) is 0 Å². The van der Waals surface area contributed by atoms with Crippen molar-refractivity contribution in [3.63, 3.8) is 0 Å². The molecule has 1 saturated heterocycles. The minimum Gasteiger partial charge on any atom is -0.496 e. The van der Waals surface area contributed by atoms with Crippen molar-refractivity contribution in [3.05, 3.63) is 40.9 Å². The summed E-state index contributed by atoms with van der Waals surface area (Å²) in [6.45, 7) is 8.20. The van der Waals surface area contributed by atoms with E-state index >= 15 is 0 Å². The molecule has 0 amide bonds. The molecule has 110 valence electrons. The van der Waals surface area contributed by atoms with Crippen LogP contribution in [0.3, 0.4) is 0 Å². The van der Waals surface area contributed by atoms with Crippen molar-refractivity contribution in [2.24, 2.45) is 0 Å². The van der Waals surface area contributed by atoms with Crippen LogP contribution in [-0.4, -0.2) is 38.2 Å². The monoisotopic (exact) mass is 338 g/mol. The SMILES string of the molecule is C=CCC[C@H](c1ccc(OC)c(Br)c1)N1CCNCC1. The largest absolute Gasteiger partial charge is 0.496 e. The third-order valence-corrected chi connectivity index (χ3v) is 4.42. The molecule has 0 aromatic heterocycles. The van der Waals surface area contributed by atoms with Crippen molar-refractivity contribution in [1.82, 2.24) is 10.2 Å². The number of hydrogen-bond acceptors (Lipinski definition) is 3. The van der Waals surface area contributed by atoms with Crippen LogP contribution in [0, 0.1) is 0 Å². The fourth-order valence-corrected chi connectivity index (χ4v) is 3.28. The Labute approximate surface area is 130 Å². The van der Waals surface area contributed by atoms with Gasteiger partial charge in [-0.25, -0.2) is 0 Å². The summed E-state index contributed by atoms with van der Waals surface area (Å²) < 4.78 is 6.34. The van der Waals surface area contributed by atoms with Gasteiger partial charge in [-0.05, 0) is 46.5 Å². The fourth-order valence-electron chi connectivity index (χ4n) is 2.72. The Morgan fingerprint density at radius 1 is 1.45 bits per heavy atom. The van der Waals surface area contributed by atoms with E-state index in [9.17, 15) is 0 Å². The molecule has 3 nitrogen and oxygen atoms in total. The standard InChI is InChI=1S/C16H23BrN2O/c1-3-4-5-15(19-10-8-18-9-11-19)13-6-7-16(20-2)14(17)12-13/h3,6-7,12,15,18H,1,4-5,8-11H2,2H3/t15-/m1/s1. The third kappa shape index (κ3) is 3.84. The molecule has 0 aliphatic carbocycles. The smallest absolute Gasteiger partial charge is 0.133 e. The minimum absolute atomic E-state index is 0.456. The van der Waals surface area contributed by atoms with E-state index in [1.807, 2.05) is 12.1 Å². The quantitative estimate of drug-likeness (QED) is 0.805. The Morgan fingerprint density at radius 3 is 2.80 bits per heavy atom. The maximum Gasteiger partial charge on any atom is 0.133 e. The highest BCUT2D eigenvalue weighted by Gasteiger charge is 2.22. The fraction of sp³-hybridized carbons (Fsp3) is 0.500. The molecular formula is C16H23BrN2O. The van der Waals surface area contributed by atoms with Crippen LogP contribution in [0.5, 0.6) is 5.75 Å². The lowest BCUT2D eigenvalue weighted by Crippen LogP contribution is -2.45. The van der Waals surface area contributed by atoms with Crippen molar-refractivity contribution < 1.29 is 4.74 Å². The number of piperazine rings is 1. The van der Waals surface area contributed by atoms with Gasteiger partial charge in [-0.3, -0.25) is 4.90 Å². The van der Waals surface area contributed by atoms with Gasteiger partial charge in [-0.15, -0.1) is 6.58 Å². The number of methoxy groups -OCH3 is 1. The van der Waals surface area contributed by atoms with Gasteiger partial charge in [-0.1, -0.05) is 12.1 Å². The highest BCUT2D eigenvalue weighted by atomic mass is 79.9. The van der Waals surface area contributed by atoms with Crippen molar-refractivity contribution in [2.45, 2.75) is 18.9 Å². The van der Waals surface area contributed by atoms with Gasteiger partial charge in [0, 0.05) is 32.2 Å². The highest BCUT2D eigenvalue weighted by Crippen LogP contribution is 2.32. The summed E-state index contributed by atoms with van der Waals surface area (Å²) in [5.41, 5.74) is 1.35. The molecule has 1 N–H and O–H groups in total. The molecule has 0 spiro atoms. The maximum absolute atomic E-state index is 5.32. The molecule has 0 unspecified atom stereocenters. The number of allylic oxidation sites excluding steroid dienone is 1. The zero-order chi connectivity index (χ0) is 14.4. The van der Waals surface area contributed by atoms with Crippen LogP contribution in [0.2, 0.25) is 0 Å². The molecule has 1 aliphatic heterocycles. The second-order valence-electron chi connectivity index (χ2n) is 5.06. The summed E-state index contributed by atoms with van der Waals surface area (Å²) >= 11 is 3.59. The first kappa shape index (κ1) is 15.5. The van der Waals surface area contributed by atoms with E-state index in [-0.39, 0.29) is 0 Å². The second kappa shape index (κ2) is 7.81. The van der Waals surface area contributed by atoms with Crippen molar-refractivity contribution >= 4 is 15.9 Å². The number of halogens is 1. The first-order valence-electron chi connectivity index (χ1n) is 7.15. The van der Waals surface area contributed by atoms with Gasteiger partial charge < -0.3 is 10.1 Å². The first-order chi connectivity index (χ1) is 9.76. The number of rotatable bonds is 6. The Morgan fingerprint density at radius 2 is 2.20 bits per heavy atom. The number of nitrogens with one attached hydrogen (secondary N) is 1. The van der Waals surface area contributed by atoms with Gasteiger partial charge in [0.1, 0.15) is 5.75 Å². The number of ether oxygens (including phenoxy) is 1. The van der Waals surface area contributed by atoms with Gasteiger partial charge in [0.2, 0.25) is 0 Å². The molecule has 1 atom stereocenters. The molecule has 0 radical (unpaired) electrons. The molecule has 1 aromatic rings. The molecule has 2 rings (SSSR count). The summed E-state index contributed by atoms with van der Waals surface area (Å²) in [4.78, 5) is 2.56. The number of benzene rings is 1. The van der Waals surface area contributed by atoms with E-state index < -0.39 is 0 Å². The van der Waals surface area contributed by atoms with E-state index in [1.165, 1.54) is 5.56 Å². The number of hydrogen-bond donors (Lipinski definition) is 1. The summed E-state index contributed by atoms with van der Waals surface area (Å²) in [5, 5.41) is 3.42. The lowest BCUT2D eigenvalue weighted by molar-refractivity contribution is 0.166. The Hall–Kier alpha value is -0.840. The van der Waals surface area contributed by atoms with Gasteiger partial charge >= 0.3 is 0 Å². The molecule has 4 heteroatoms. The molecule has 20 heavy (non-hydrogen) atoms. The summed E-state index contributed by atoms with van der Waals surface area (Å²) in [6, 6.07) is 6.87. The lowest BCUT2D eigenvalue weighted by atomic mass is 9.99. The van der Waals surface area contributed by atoms with E-state index in [4.69, 9.17) is 4.74 Å². The molecule has 0 saturated carbocycles. The van der Waals surface area contributed by atoms with Gasteiger partial charge in [-0.2, -0.15) is 0 Å². The second-order valence-corrected chi connectivity index (χ2v) is 5.92. The molecule has 1 aromatic carbocycles. The zero-order valence-electron chi connectivity index (χ0n) is 12.1. The van der Waals surface area contributed by atoms with Gasteiger partial charge in [0.05, 0.1) is 11.6 Å². The van der Waals surface area contributed by atoms with Crippen LogP contribution < -0.4 is 10.1 Å². The minimum atomic E-state index is 0.456. The Bertz CT molecular complexity index is 444. The van der Waals surface area contributed by atoms with E-state index in [2.05, 4.69) is 44.9 Å². The summed E-state index contributed by atoms with van der Waals surface area (Å²) in [7, 11) is 1.70. The van der Waals surface area contributed by atoms with E-state index in [0.29, 0.717) is 6.04 Å². The normalized spacial score (nSPS) is 17.7. The van der Waals surface area contributed by atoms with Crippen LogP contribution >= 0.6 is 15.9 Å². The van der Waals surface area contributed by atoms with Crippen LogP contribution in [0.25, 0.3) is 0 Å². The van der Waals surface area contributed by atoms with E-state index in [1.54, 1.807) is 7.11 Å².